The molecule has 0 aliphatic rings. The van der Waals surface area contributed by atoms with Gasteiger partial charge in [-0.3, -0.25) is 0 Å². The van der Waals surface area contributed by atoms with Crippen molar-refractivity contribution in [3.8, 4) is 0 Å². The van der Waals surface area contributed by atoms with E-state index in [9.17, 15) is 0 Å². The summed E-state index contributed by atoms with van der Waals surface area (Å²) in [6.07, 6.45) is 0. The van der Waals surface area contributed by atoms with Gasteiger partial charge in [-0.15, -0.1) is 22.7 Å². The lowest BCUT2D eigenvalue weighted by Crippen LogP contribution is -1.83. The van der Waals surface area contributed by atoms with Crippen molar-refractivity contribution in [1.29, 1.82) is 0 Å². The zero-order valence-corrected chi connectivity index (χ0v) is 17.1. The molecular weight excluding hydrogens is 304 g/mol. The molecule has 0 atom stereocenters. The molecule has 0 unspecified atom stereocenters. The molecule has 2 rings (SSSR count). The smallest absolute Gasteiger partial charge is 0.00737 e. The zero-order valence-electron chi connectivity index (χ0n) is 15.4. The maximum Gasteiger partial charge on any atom is 0.00737 e. The highest BCUT2D eigenvalue weighted by Gasteiger charge is 2.06. The SMILES string of the molecule is CC(C)c1ccc(C(C)C)s1.CC(C)c1csc(C(C)C)c1. The van der Waals surface area contributed by atoms with Crippen LogP contribution in [0.3, 0.4) is 0 Å². The summed E-state index contributed by atoms with van der Waals surface area (Å²) in [4.78, 5) is 4.52. The van der Waals surface area contributed by atoms with Gasteiger partial charge in [0, 0.05) is 14.6 Å². The van der Waals surface area contributed by atoms with E-state index in [0.29, 0.717) is 23.7 Å². The van der Waals surface area contributed by atoms with Crippen LogP contribution < -0.4 is 0 Å². The van der Waals surface area contributed by atoms with E-state index in [1.807, 2.05) is 22.7 Å². The van der Waals surface area contributed by atoms with Crippen molar-refractivity contribution in [2.45, 2.75) is 79.1 Å². The average Bonchev–Trinajstić information content (AvgIpc) is 3.09. The van der Waals surface area contributed by atoms with Crippen LogP contribution in [-0.2, 0) is 0 Å². The van der Waals surface area contributed by atoms with Crippen LogP contribution in [0.15, 0.2) is 23.6 Å². The molecule has 0 saturated carbocycles. The predicted octanol–water partition coefficient (Wildman–Crippen LogP) is 7.99. The molecule has 0 fully saturated rings. The lowest BCUT2D eigenvalue weighted by atomic mass is 10.1. The summed E-state index contributed by atoms with van der Waals surface area (Å²) in [5.41, 5.74) is 1.48. The standard InChI is InChI=1S/2C10H16S/c1-7(2)9-5-10(8(3)4)11-6-9;1-7(2)9-5-6-10(11-9)8(3)4/h2*5-8H,1-4H3. The molecule has 0 aromatic carbocycles. The molecule has 0 radical (unpaired) electrons. The largest absolute Gasteiger partial charge is 0.148 e. The molecular formula is C20H32S2. The second-order valence-corrected chi connectivity index (χ2v) is 9.23. The third-order valence-corrected chi connectivity index (χ3v) is 6.60. The van der Waals surface area contributed by atoms with E-state index in [0.717, 1.165) is 0 Å². The van der Waals surface area contributed by atoms with Gasteiger partial charge in [0.15, 0.2) is 0 Å². The number of hydrogen-bond acceptors (Lipinski definition) is 2. The maximum atomic E-state index is 2.33. The zero-order chi connectivity index (χ0) is 16.9. The maximum absolute atomic E-state index is 2.33. The Morgan fingerprint density at radius 2 is 1.09 bits per heavy atom. The number of hydrogen-bond donors (Lipinski definition) is 0. The minimum absolute atomic E-state index is 0.679. The first-order chi connectivity index (χ1) is 10.2. The van der Waals surface area contributed by atoms with Crippen molar-refractivity contribution in [3.05, 3.63) is 43.8 Å². The van der Waals surface area contributed by atoms with Crippen LogP contribution in [-0.4, -0.2) is 0 Å². The van der Waals surface area contributed by atoms with E-state index in [4.69, 9.17) is 0 Å². The topological polar surface area (TPSA) is 0 Å². The van der Waals surface area contributed by atoms with Crippen LogP contribution >= 0.6 is 22.7 Å². The molecule has 2 aromatic heterocycles. The van der Waals surface area contributed by atoms with E-state index in [1.54, 1.807) is 0 Å². The highest BCUT2D eigenvalue weighted by Crippen LogP contribution is 2.29. The van der Waals surface area contributed by atoms with Gasteiger partial charge in [-0.25, -0.2) is 0 Å². The van der Waals surface area contributed by atoms with Gasteiger partial charge in [-0.2, -0.15) is 0 Å². The third kappa shape index (κ3) is 5.89. The first kappa shape index (κ1) is 19.4. The van der Waals surface area contributed by atoms with E-state index in [-0.39, 0.29) is 0 Å². The predicted molar refractivity (Wildman–Crippen MR) is 105 cm³/mol. The summed E-state index contributed by atoms with van der Waals surface area (Å²) < 4.78 is 0. The first-order valence-electron chi connectivity index (χ1n) is 8.40. The van der Waals surface area contributed by atoms with Gasteiger partial charge in [-0.1, -0.05) is 55.4 Å². The first-order valence-corrected chi connectivity index (χ1v) is 10.1. The van der Waals surface area contributed by atoms with Gasteiger partial charge in [-0.05, 0) is 52.8 Å². The van der Waals surface area contributed by atoms with Crippen LogP contribution in [0, 0.1) is 0 Å². The monoisotopic (exact) mass is 336 g/mol. The summed E-state index contributed by atoms with van der Waals surface area (Å²) in [5, 5.41) is 2.28. The Morgan fingerprint density at radius 3 is 1.32 bits per heavy atom. The molecule has 0 bridgehead atoms. The van der Waals surface area contributed by atoms with Crippen LogP contribution in [0.25, 0.3) is 0 Å². The van der Waals surface area contributed by atoms with Gasteiger partial charge in [0.2, 0.25) is 0 Å². The van der Waals surface area contributed by atoms with Crippen molar-refractivity contribution in [2.75, 3.05) is 0 Å². The fraction of sp³-hybridized carbons (Fsp3) is 0.600. The van der Waals surface area contributed by atoms with E-state index < -0.39 is 0 Å². The summed E-state index contributed by atoms with van der Waals surface area (Å²) in [5.74, 6) is 2.74. The summed E-state index contributed by atoms with van der Waals surface area (Å²) in [6, 6.07) is 6.84. The second-order valence-electron chi connectivity index (χ2n) is 7.14. The highest BCUT2D eigenvalue weighted by atomic mass is 32.1. The van der Waals surface area contributed by atoms with E-state index >= 15 is 0 Å². The molecule has 2 heterocycles. The highest BCUT2D eigenvalue weighted by molar-refractivity contribution is 7.12. The third-order valence-electron chi connectivity index (χ3n) is 3.66. The average molecular weight is 337 g/mol. The van der Waals surface area contributed by atoms with Gasteiger partial charge in [0.1, 0.15) is 0 Å². The van der Waals surface area contributed by atoms with Crippen LogP contribution in [0.4, 0.5) is 0 Å². The minimum atomic E-state index is 0.679. The van der Waals surface area contributed by atoms with Gasteiger partial charge < -0.3 is 0 Å². The Kier molecular flexibility index (Phi) is 7.85. The minimum Gasteiger partial charge on any atom is -0.148 e. The normalized spacial score (nSPS) is 11.5. The Morgan fingerprint density at radius 1 is 0.636 bits per heavy atom. The van der Waals surface area contributed by atoms with Crippen LogP contribution in [0.2, 0.25) is 0 Å². The number of thiophene rings is 2. The Labute approximate surface area is 145 Å². The van der Waals surface area contributed by atoms with Crippen molar-refractivity contribution in [1.82, 2.24) is 0 Å². The van der Waals surface area contributed by atoms with E-state index in [2.05, 4.69) is 79.0 Å². The van der Waals surface area contributed by atoms with Crippen molar-refractivity contribution >= 4 is 22.7 Å². The van der Waals surface area contributed by atoms with Gasteiger partial charge in [0.05, 0.1) is 0 Å². The van der Waals surface area contributed by atoms with Crippen molar-refractivity contribution < 1.29 is 0 Å². The van der Waals surface area contributed by atoms with Crippen molar-refractivity contribution in [2.24, 2.45) is 0 Å². The Balaban J connectivity index is 0.000000220. The molecule has 0 saturated heterocycles. The Bertz CT molecular complexity index is 446. The Hall–Kier alpha value is -0.600. The summed E-state index contributed by atoms with van der Waals surface area (Å²) in [6.45, 7) is 18.0. The van der Waals surface area contributed by atoms with E-state index in [1.165, 1.54) is 20.2 Å². The van der Waals surface area contributed by atoms with Crippen LogP contribution in [0.5, 0.6) is 0 Å². The fourth-order valence-corrected chi connectivity index (χ4v) is 4.07. The lowest BCUT2D eigenvalue weighted by Gasteiger charge is -2.00. The molecule has 0 amide bonds. The molecule has 0 spiro atoms. The second kappa shape index (κ2) is 8.88. The fourth-order valence-electron chi connectivity index (χ4n) is 1.96. The quantitative estimate of drug-likeness (QED) is 0.530. The molecule has 2 heteroatoms. The summed E-state index contributed by atoms with van der Waals surface area (Å²) in [7, 11) is 0. The van der Waals surface area contributed by atoms with Crippen LogP contribution in [0.1, 0.15) is 99.3 Å². The van der Waals surface area contributed by atoms with Crippen molar-refractivity contribution in [3.63, 3.8) is 0 Å². The van der Waals surface area contributed by atoms with Gasteiger partial charge >= 0.3 is 0 Å². The molecule has 0 N–H and O–H groups in total. The molecule has 22 heavy (non-hydrogen) atoms. The summed E-state index contributed by atoms with van der Waals surface area (Å²) >= 11 is 3.84. The molecule has 0 aliphatic carbocycles. The molecule has 0 aliphatic heterocycles. The molecule has 0 nitrogen and oxygen atoms in total. The number of rotatable bonds is 4. The molecule has 2 aromatic rings. The van der Waals surface area contributed by atoms with Gasteiger partial charge in [0.25, 0.3) is 0 Å². The molecule has 124 valence electrons. The lowest BCUT2D eigenvalue weighted by molar-refractivity contribution is 0.856.